The molecule has 0 spiro atoms. The van der Waals surface area contributed by atoms with Gasteiger partial charge in [0.05, 0.1) is 7.85 Å². The summed E-state index contributed by atoms with van der Waals surface area (Å²) in [6.45, 7) is 4.43. The van der Waals surface area contributed by atoms with Crippen LogP contribution in [0.5, 0.6) is 0 Å². The van der Waals surface area contributed by atoms with E-state index in [1.54, 1.807) is 0 Å². The lowest BCUT2D eigenvalue weighted by atomic mass is 10.0. The molecule has 0 heterocycles. The van der Waals surface area contributed by atoms with Crippen molar-refractivity contribution in [3.63, 3.8) is 0 Å². The third-order valence-electron chi connectivity index (χ3n) is 1.26. The van der Waals surface area contributed by atoms with Crippen LogP contribution in [0.3, 0.4) is 0 Å². The number of unbranched alkanes of at least 4 members (excludes halogenated alkanes) is 1. The first kappa shape index (κ1) is 9.02. The molecule has 0 aromatic carbocycles. The van der Waals surface area contributed by atoms with Crippen LogP contribution in [0.15, 0.2) is 0 Å². The van der Waals surface area contributed by atoms with Gasteiger partial charge in [-0.3, -0.25) is 0 Å². The van der Waals surface area contributed by atoms with Crippen molar-refractivity contribution in [1.29, 1.82) is 0 Å². The molecule has 0 amide bonds. The molecular formula is C7H16BN. The summed E-state index contributed by atoms with van der Waals surface area (Å²) < 4.78 is 0. The van der Waals surface area contributed by atoms with Crippen LogP contribution in [0.4, 0.5) is 0 Å². The van der Waals surface area contributed by atoms with Gasteiger partial charge in [0, 0.05) is 0 Å². The Morgan fingerprint density at radius 2 is 1.89 bits per heavy atom. The van der Waals surface area contributed by atoms with Crippen LogP contribution in [-0.4, -0.2) is 20.9 Å². The molecule has 2 heteroatoms. The van der Waals surface area contributed by atoms with Gasteiger partial charge >= 0.3 is 0 Å². The molecule has 0 aromatic rings. The maximum atomic E-state index is 5.30. The maximum Gasteiger partial charge on any atom is 0.0653 e. The molecule has 0 aromatic heterocycles. The molecule has 1 N–H and O–H groups in total. The van der Waals surface area contributed by atoms with E-state index in [4.69, 9.17) is 7.85 Å². The van der Waals surface area contributed by atoms with Crippen LogP contribution < -0.4 is 5.32 Å². The van der Waals surface area contributed by atoms with Crippen molar-refractivity contribution in [2.45, 2.75) is 32.5 Å². The third kappa shape index (κ3) is 8.02. The minimum atomic E-state index is 0.805. The molecule has 9 heavy (non-hydrogen) atoms. The molecule has 0 unspecified atom stereocenters. The monoisotopic (exact) mass is 125 g/mol. The van der Waals surface area contributed by atoms with Gasteiger partial charge < -0.3 is 5.32 Å². The Kier molecular flexibility index (Phi) is 8.05. The Labute approximate surface area is 59.6 Å². The average Bonchev–Trinajstić information content (AvgIpc) is 1.89. The molecule has 0 fully saturated rings. The van der Waals surface area contributed by atoms with Crippen LogP contribution in [0, 0.1) is 0 Å². The molecule has 0 aliphatic carbocycles. The van der Waals surface area contributed by atoms with Crippen molar-refractivity contribution in [1.82, 2.24) is 5.32 Å². The highest BCUT2D eigenvalue weighted by atomic mass is 14.8. The van der Waals surface area contributed by atoms with Gasteiger partial charge in [0.2, 0.25) is 0 Å². The van der Waals surface area contributed by atoms with E-state index in [1.807, 2.05) is 0 Å². The fourth-order valence-corrected chi connectivity index (χ4v) is 0.654. The lowest BCUT2D eigenvalue weighted by Gasteiger charge is -2.00. The largest absolute Gasteiger partial charge is 0.317 e. The standard InChI is InChI=1S/C7H16BN/c1-2-3-6-9-7-4-5-8/h9H,2-7H2,1H3. The smallest absolute Gasteiger partial charge is 0.0653 e. The SMILES string of the molecule is [B]CCCNCCCC. The second-order valence-corrected chi connectivity index (χ2v) is 2.25. The summed E-state index contributed by atoms with van der Waals surface area (Å²) in [5, 5.41) is 3.31. The Morgan fingerprint density at radius 3 is 2.44 bits per heavy atom. The van der Waals surface area contributed by atoms with Crippen molar-refractivity contribution in [3.8, 4) is 0 Å². The second kappa shape index (κ2) is 8.02. The van der Waals surface area contributed by atoms with Crippen molar-refractivity contribution in [2.75, 3.05) is 13.1 Å². The molecule has 0 rings (SSSR count). The second-order valence-electron chi connectivity index (χ2n) is 2.25. The van der Waals surface area contributed by atoms with Crippen molar-refractivity contribution in [3.05, 3.63) is 0 Å². The van der Waals surface area contributed by atoms with Crippen LogP contribution in [0.2, 0.25) is 6.32 Å². The average molecular weight is 125 g/mol. The lowest BCUT2D eigenvalue weighted by Crippen LogP contribution is -2.16. The number of rotatable bonds is 6. The lowest BCUT2D eigenvalue weighted by molar-refractivity contribution is 0.633. The van der Waals surface area contributed by atoms with E-state index in [0.717, 1.165) is 25.8 Å². The first-order chi connectivity index (χ1) is 4.41. The predicted molar refractivity (Wildman–Crippen MR) is 43.0 cm³/mol. The van der Waals surface area contributed by atoms with E-state index in [-0.39, 0.29) is 0 Å². The minimum absolute atomic E-state index is 0.805. The highest BCUT2D eigenvalue weighted by Crippen LogP contribution is 1.84. The molecule has 0 saturated carbocycles. The van der Waals surface area contributed by atoms with Gasteiger partial charge in [0.25, 0.3) is 0 Å². The molecule has 0 aliphatic rings. The summed E-state index contributed by atoms with van der Waals surface area (Å²) in [4.78, 5) is 0. The minimum Gasteiger partial charge on any atom is -0.317 e. The number of nitrogens with one attached hydrogen (secondary N) is 1. The van der Waals surface area contributed by atoms with E-state index < -0.39 is 0 Å². The van der Waals surface area contributed by atoms with Crippen molar-refractivity contribution >= 4 is 7.85 Å². The fourth-order valence-electron chi connectivity index (χ4n) is 0.654. The van der Waals surface area contributed by atoms with Crippen molar-refractivity contribution < 1.29 is 0 Å². The number of hydrogen-bond donors (Lipinski definition) is 1. The zero-order chi connectivity index (χ0) is 6.95. The summed E-state index contributed by atoms with van der Waals surface area (Å²) in [5.41, 5.74) is 0. The summed E-state index contributed by atoms with van der Waals surface area (Å²) in [6, 6.07) is 0. The van der Waals surface area contributed by atoms with Crippen LogP contribution in [-0.2, 0) is 0 Å². The highest BCUT2D eigenvalue weighted by molar-refractivity contribution is 6.08. The normalized spacial score (nSPS) is 9.89. The number of hydrogen-bond acceptors (Lipinski definition) is 1. The highest BCUT2D eigenvalue weighted by Gasteiger charge is 1.83. The molecule has 0 atom stereocenters. The zero-order valence-corrected chi connectivity index (χ0v) is 6.32. The summed E-state index contributed by atoms with van der Waals surface area (Å²) in [5.74, 6) is 0. The van der Waals surface area contributed by atoms with Gasteiger partial charge in [0.1, 0.15) is 0 Å². The van der Waals surface area contributed by atoms with E-state index in [9.17, 15) is 0 Å². The molecular weight excluding hydrogens is 109 g/mol. The Morgan fingerprint density at radius 1 is 1.22 bits per heavy atom. The van der Waals surface area contributed by atoms with Crippen molar-refractivity contribution in [2.24, 2.45) is 0 Å². The van der Waals surface area contributed by atoms with Crippen LogP contribution in [0.1, 0.15) is 26.2 Å². The molecule has 0 bridgehead atoms. The van der Waals surface area contributed by atoms with E-state index in [0.29, 0.717) is 0 Å². The Balaban J connectivity index is 2.60. The van der Waals surface area contributed by atoms with Crippen LogP contribution in [0.25, 0.3) is 0 Å². The fraction of sp³-hybridized carbons (Fsp3) is 1.00. The van der Waals surface area contributed by atoms with E-state index in [2.05, 4.69) is 12.2 Å². The zero-order valence-electron chi connectivity index (χ0n) is 6.32. The quantitative estimate of drug-likeness (QED) is 0.417. The summed E-state index contributed by atoms with van der Waals surface area (Å²) >= 11 is 0. The van der Waals surface area contributed by atoms with E-state index in [1.165, 1.54) is 12.8 Å². The molecule has 0 aliphatic heterocycles. The summed E-state index contributed by atoms with van der Waals surface area (Å²) in [7, 11) is 5.30. The Bertz CT molecular complexity index is 42.2. The van der Waals surface area contributed by atoms with Crippen LogP contribution >= 0.6 is 0 Å². The van der Waals surface area contributed by atoms with Gasteiger partial charge in [-0.15, -0.1) is 0 Å². The first-order valence-electron chi connectivity index (χ1n) is 3.82. The predicted octanol–water partition coefficient (Wildman–Crippen LogP) is 1.35. The van der Waals surface area contributed by atoms with Gasteiger partial charge in [-0.2, -0.15) is 0 Å². The maximum absolute atomic E-state index is 5.30. The van der Waals surface area contributed by atoms with Gasteiger partial charge in [-0.25, -0.2) is 0 Å². The molecule has 52 valence electrons. The van der Waals surface area contributed by atoms with Gasteiger partial charge in [0.15, 0.2) is 0 Å². The topological polar surface area (TPSA) is 12.0 Å². The summed E-state index contributed by atoms with van der Waals surface area (Å²) in [6.07, 6.45) is 4.46. The van der Waals surface area contributed by atoms with Gasteiger partial charge in [-0.05, 0) is 25.9 Å². The van der Waals surface area contributed by atoms with E-state index >= 15 is 0 Å². The third-order valence-corrected chi connectivity index (χ3v) is 1.26. The molecule has 2 radical (unpaired) electrons. The van der Waals surface area contributed by atoms with Gasteiger partial charge in [-0.1, -0.05) is 19.7 Å². The first-order valence-corrected chi connectivity index (χ1v) is 3.82. The molecule has 0 saturated heterocycles. The molecule has 1 nitrogen and oxygen atoms in total. The Hall–Kier alpha value is 0.0249.